The van der Waals surface area contributed by atoms with Crippen molar-refractivity contribution in [2.75, 3.05) is 6.54 Å². The van der Waals surface area contributed by atoms with Gasteiger partial charge in [0, 0.05) is 17.7 Å². The van der Waals surface area contributed by atoms with Gasteiger partial charge in [0.15, 0.2) is 12.1 Å². The molecule has 3 N–H and O–H groups in total. The van der Waals surface area contributed by atoms with E-state index in [1.54, 1.807) is 62.4 Å². The number of amides is 2. The largest absolute Gasteiger partial charge is 0.388 e. The number of aliphatic hydroxyl groups excluding tert-OH is 1. The molecule has 0 aromatic heterocycles. The van der Waals surface area contributed by atoms with Crippen molar-refractivity contribution in [3.05, 3.63) is 71.8 Å². The Bertz CT molecular complexity index is 920. The lowest BCUT2D eigenvalue weighted by molar-refractivity contribution is -0.216. The second kappa shape index (κ2) is 8.76. The fourth-order valence-electron chi connectivity index (χ4n) is 3.86. The molecule has 2 heterocycles. The van der Waals surface area contributed by atoms with Crippen LogP contribution in [0.2, 0.25) is 0 Å². The Morgan fingerprint density at radius 1 is 0.968 bits per heavy atom. The first-order valence-corrected chi connectivity index (χ1v) is 10.2. The molecule has 4 rings (SSSR count). The molecular formula is C23H26N2O6. The Kier molecular flexibility index (Phi) is 6.06. The zero-order valence-corrected chi connectivity index (χ0v) is 17.4. The van der Waals surface area contributed by atoms with E-state index < -0.39 is 36.4 Å². The van der Waals surface area contributed by atoms with Crippen molar-refractivity contribution in [1.29, 1.82) is 0 Å². The fraction of sp³-hybridized carbons (Fsp3) is 0.391. The van der Waals surface area contributed by atoms with Gasteiger partial charge in [0.05, 0.1) is 12.1 Å². The van der Waals surface area contributed by atoms with E-state index in [0.29, 0.717) is 11.1 Å². The van der Waals surface area contributed by atoms with Crippen LogP contribution in [0.4, 0.5) is 0 Å². The first kappa shape index (κ1) is 21.5. The first-order valence-electron chi connectivity index (χ1n) is 10.2. The van der Waals surface area contributed by atoms with Gasteiger partial charge in [-0.3, -0.25) is 9.59 Å². The topological polar surface area (TPSA) is 106 Å². The molecule has 8 nitrogen and oxygen atoms in total. The van der Waals surface area contributed by atoms with Crippen LogP contribution >= 0.6 is 0 Å². The van der Waals surface area contributed by atoms with Crippen molar-refractivity contribution in [1.82, 2.24) is 10.6 Å². The summed E-state index contributed by atoms with van der Waals surface area (Å²) in [6.45, 7) is 3.46. The smallest absolute Gasteiger partial charge is 0.251 e. The Morgan fingerprint density at radius 3 is 2.16 bits per heavy atom. The molecule has 0 aliphatic carbocycles. The lowest BCUT2D eigenvalue weighted by atomic mass is 10.0. The molecule has 2 aliphatic heterocycles. The summed E-state index contributed by atoms with van der Waals surface area (Å²) in [5, 5.41) is 16.4. The first-order chi connectivity index (χ1) is 14.8. The summed E-state index contributed by atoms with van der Waals surface area (Å²) in [5.41, 5.74) is 0.969. The summed E-state index contributed by atoms with van der Waals surface area (Å²) in [4.78, 5) is 25.1. The maximum Gasteiger partial charge on any atom is 0.251 e. The lowest BCUT2D eigenvalue weighted by Crippen LogP contribution is -2.54. The summed E-state index contributed by atoms with van der Waals surface area (Å²) in [5.74, 6) is -1.49. The van der Waals surface area contributed by atoms with E-state index in [0.717, 1.165) is 0 Å². The molecule has 2 fully saturated rings. The number of ether oxygens (including phenoxy) is 3. The van der Waals surface area contributed by atoms with Crippen molar-refractivity contribution in [2.45, 2.75) is 50.3 Å². The molecule has 0 spiro atoms. The molecule has 0 saturated carbocycles. The minimum Gasteiger partial charge on any atom is -0.388 e. The zero-order valence-electron chi connectivity index (χ0n) is 17.4. The normalized spacial score (nSPS) is 27.3. The quantitative estimate of drug-likeness (QED) is 0.646. The van der Waals surface area contributed by atoms with Crippen LogP contribution in [-0.4, -0.2) is 59.9 Å². The van der Waals surface area contributed by atoms with Crippen molar-refractivity contribution in [3.63, 3.8) is 0 Å². The number of hydrogen-bond acceptors (Lipinski definition) is 6. The third-order valence-electron chi connectivity index (χ3n) is 5.31. The van der Waals surface area contributed by atoms with E-state index >= 15 is 0 Å². The molecular weight excluding hydrogens is 400 g/mol. The summed E-state index contributed by atoms with van der Waals surface area (Å²) in [6.07, 6.45) is -3.24. The van der Waals surface area contributed by atoms with Gasteiger partial charge in [-0.25, -0.2) is 0 Å². The standard InChI is InChI=1S/C23H26N2O6/c1-23(2)30-19-17(25-21(28)15-11-7-4-8-12-15)18(29-22(19)31-23)16(26)13-24-20(27)14-9-5-3-6-10-14/h3-12,16-19,22,26H,13H2,1-2H3,(H,24,27)(H,25,28)/t16?,17-,18+,19+,22+/m1/s1. The molecule has 5 atom stereocenters. The monoisotopic (exact) mass is 426 g/mol. The van der Waals surface area contributed by atoms with E-state index in [1.165, 1.54) is 0 Å². The molecule has 31 heavy (non-hydrogen) atoms. The van der Waals surface area contributed by atoms with Gasteiger partial charge in [0.2, 0.25) is 0 Å². The van der Waals surface area contributed by atoms with Gasteiger partial charge in [-0.05, 0) is 38.1 Å². The van der Waals surface area contributed by atoms with Gasteiger partial charge < -0.3 is 30.0 Å². The summed E-state index contributed by atoms with van der Waals surface area (Å²) < 4.78 is 17.6. The van der Waals surface area contributed by atoms with E-state index in [9.17, 15) is 14.7 Å². The SMILES string of the molecule is CC1(C)O[C@@H]2O[C@@H](C(O)CNC(=O)c3ccccc3)[C@@H](NC(=O)c3ccccc3)[C@@H]2O1. The number of aliphatic hydroxyl groups is 1. The fourth-order valence-corrected chi connectivity index (χ4v) is 3.86. The highest BCUT2D eigenvalue weighted by Crippen LogP contribution is 2.38. The van der Waals surface area contributed by atoms with Crippen LogP contribution in [0.25, 0.3) is 0 Å². The highest BCUT2D eigenvalue weighted by molar-refractivity contribution is 5.94. The van der Waals surface area contributed by atoms with E-state index in [-0.39, 0.29) is 18.4 Å². The highest BCUT2D eigenvalue weighted by Gasteiger charge is 2.56. The minimum absolute atomic E-state index is 0.0566. The molecule has 1 unspecified atom stereocenters. The number of carbonyl (C=O) groups is 2. The van der Waals surface area contributed by atoms with Gasteiger partial charge in [-0.1, -0.05) is 36.4 Å². The number of hydrogen-bond donors (Lipinski definition) is 3. The Hall–Kier alpha value is -2.78. The summed E-state index contributed by atoms with van der Waals surface area (Å²) in [6, 6.07) is 16.8. The number of nitrogens with one attached hydrogen (secondary N) is 2. The third-order valence-corrected chi connectivity index (χ3v) is 5.31. The van der Waals surface area contributed by atoms with Gasteiger partial charge in [0.1, 0.15) is 12.2 Å². The second-order valence-corrected chi connectivity index (χ2v) is 8.08. The molecule has 0 radical (unpaired) electrons. The number of fused-ring (bicyclic) bond motifs is 1. The van der Waals surface area contributed by atoms with E-state index in [2.05, 4.69) is 10.6 Å². The third kappa shape index (κ3) is 4.77. The predicted molar refractivity (Wildman–Crippen MR) is 111 cm³/mol. The van der Waals surface area contributed by atoms with Gasteiger partial charge in [-0.2, -0.15) is 0 Å². The predicted octanol–water partition coefficient (Wildman–Crippen LogP) is 1.45. The van der Waals surface area contributed by atoms with Crippen LogP contribution in [0, 0.1) is 0 Å². The molecule has 8 heteroatoms. The average molecular weight is 426 g/mol. The molecule has 2 amide bonds. The number of carbonyl (C=O) groups excluding carboxylic acids is 2. The van der Waals surface area contributed by atoms with Gasteiger partial charge >= 0.3 is 0 Å². The maximum absolute atomic E-state index is 12.8. The minimum atomic E-state index is -1.09. The van der Waals surface area contributed by atoms with Gasteiger partial charge in [0.25, 0.3) is 11.8 Å². The number of rotatable bonds is 6. The Labute approximate surface area is 180 Å². The lowest BCUT2D eigenvalue weighted by Gasteiger charge is -2.29. The van der Waals surface area contributed by atoms with Crippen molar-refractivity contribution in [3.8, 4) is 0 Å². The summed E-state index contributed by atoms with van der Waals surface area (Å²) >= 11 is 0. The van der Waals surface area contributed by atoms with Crippen LogP contribution < -0.4 is 10.6 Å². The van der Waals surface area contributed by atoms with Crippen LogP contribution in [0.1, 0.15) is 34.6 Å². The summed E-state index contributed by atoms with van der Waals surface area (Å²) in [7, 11) is 0. The van der Waals surface area contributed by atoms with Crippen LogP contribution in [0.3, 0.4) is 0 Å². The highest BCUT2D eigenvalue weighted by atomic mass is 16.8. The van der Waals surface area contributed by atoms with E-state index in [1.807, 2.05) is 12.1 Å². The zero-order chi connectivity index (χ0) is 22.0. The molecule has 2 aromatic carbocycles. The molecule has 2 aromatic rings. The van der Waals surface area contributed by atoms with Crippen LogP contribution in [0.5, 0.6) is 0 Å². The number of benzene rings is 2. The van der Waals surface area contributed by atoms with Crippen molar-refractivity contribution < 1.29 is 28.9 Å². The second-order valence-electron chi connectivity index (χ2n) is 8.08. The molecule has 0 bridgehead atoms. The molecule has 2 aliphatic rings. The van der Waals surface area contributed by atoms with Crippen molar-refractivity contribution in [2.24, 2.45) is 0 Å². The van der Waals surface area contributed by atoms with Crippen LogP contribution in [0.15, 0.2) is 60.7 Å². The Balaban J connectivity index is 1.45. The van der Waals surface area contributed by atoms with Crippen LogP contribution in [-0.2, 0) is 14.2 Å². The average Bonchev–Trinajstić information content (AvgIpc) is 3.25. The molecule has 164 valence electrons. The van der Waals surface area contributed by atoms with E-state index in [4.69, 9.17) is 14.2 Å². The van der Waals surface area contributed by atoms with Crippen molar-refractivity contribution >= 4 is 11.8 Å². The Morgan fingerprint density at radius 2 is 1.55 bits per heavy atom. The van der Waals surface area contributed by atoms with Gasteiger partial charge in [-0.15, -0.1) is 0 Å². The maximum atomic E-state index is 12.8. The molecule has 2 saturated heterocycles.